The second-order valence-corrected chi connectivity index (χ2v) is 9.62. The Kier molecular flexibility index (Phi) is 4.82. The lowest BCUT2D eigenvalue weighted by atomic mass is 10.1. The Balaban J connectivity index is 1.44. The Morgan fingerprint density at radius 1 is 1.16 bits per heavy atom. The van der Waals surface area contributed by atoms with Crippen molar-refractivity contribution in [3.05, 3.63) is 47.4 Å². The zero-order chi connectivity index (χ0) is 22.7. The van der Waals surface area contributed by atoms with Gasteiger partial charge in [-0.15, -0.1) is 0 Å². The first kappa shape index (κ1) is 21.0. The van der Waals surface area contributed by atoms with Gasteiger partial charge in [0.1, 0.15) is 5.69 Å². The van der Waals surface area contributed by atoms with Gasteiger partial charge in [0.2, 0.25) is 16.8 Å². The predicted molar refractivity (Wildman–Crippen MR) is 106 cm³/mol. The van der Waals surface area contributed by atoms with Crippen LogP contribution in [0.2, 0.25) is 0 Å². The summed E-state index contributed by atoms with van der Waals surface area (Å²) in [5, 5.41) is 4.15. The molecule has 1 saturated heterocycles. The highest BCUT2D eigenvalue weighted by atomic mass is 32.2. The minimum atomic E-state index is -4.58. The zero-order valence-electron chi connectivity index (χ0n) is 17.0. The smallest absolute Gasteiger partial charge is 0.433 e. The predicted octanol–water partition coefficient (Wildman–Crippen LogP) is 3.22. The van der Waals surface area contributed by atoms with E-state index in [-0.39, 0.29) is 36.3 Å². The molecule has 1 atom stereocenters. The normalized spacial score (nSPS) is 19.2. The summed E-state index contributed by atoms with van der Waals surface area (Å²) in [5.74, 6) is 0.499. The molecule has 0 aliphatic carbocycles. The summed E-state index contributed by atoms with van der Waals surface area (Å²) in [6, 6.07) is 6.92. The molecule has 0 spiro atoms. The summed E-state index contributed by atoms with van der Waals surface area (Å²) >= 11 is 0. The van der Waals surface area contributed by atoms with Crippen LogP contribution >= 0.6 is 0 Å². The second-order valence-electron chi connectivity index (χ2n) is 7.69. The van der Waals surface area contributed by atoms with Crippen LogP contribution in [0.5, 0.6) is 11.5 Å². The Morgan fingerprint density at radius 3 is 2.69 bits per heavy atom. The van der Waals surface area contributed by atoms with Crippen LogP contribution in [-0.2, 0) is 22.6 Å². The lowest BCUT2D eigenvalue weighted by molar-refractivity contribution is -0.142. The number of sulfonamides is 1. The third-order valence-electron chi connectivity index (χ3n) is 5.70. The van der Waals surface area contributed by atoms with Gasteiger partial charge in [0.05, 0.1) is 10.6 Å². The third-order valence-corrected chi connectivity index (χ3v) is 7.56. The standard InChI is InChI=1S/C20H19F3N4O4S/c1-2-13-7-18(20(21,22)23)27-19(24-13)9-15(25-27)12-5-6-26(10-12)32(28,29)14-3-4-16-17(8-14)31-11-30-16/h3-4,7-9,12H,2,5-6,10-11H2,1H3/t12-/m1/s1. The van der Waals surface area contributed by atoms with Crippen LogP contribution in [0.1, 0.15) is 36.3 Å². The van der Waals surface area contributed by atoms with E-state index in [0.29, 0.717) is 35.7 Å². The van der Waals surface area contributed by atoms with Crippen molar-refractivity contribution < 1.29 is 31.1 Å². The first-order chi connectivity index (χ1) is 15.2. The fourth-order valence-corrected chi connectivity index (χ4v) is 5.52. The molecule has 8 nitrogen and oxygen atoms in total. The number of hydrogen-bond donors (Lipinski definition) is 0. The first-order valence-electron chi connectivity index (χ1n) is 10.0. The lowest BCUT2D eigenvalue weighted by Gasteiger charge is -2.16. The third kappa shape index (κ3) is 3.47. The molecule has 2 aromatic heterocycles. The fourth-order valence-electron chi connectivity index (χ4n) is 4.00. The average molecular weight is 468 g/mol. The van der Waals surface area contributed by atoms with E-state index in [4.69, 9.17) is 9.47 Å². The highest BCUT2D eigenvalue weighted by Gasteiger charge is 2.38. The van der Waals surface area contributed by atoms with Crippen molar-refractivity contribution in [3.8, 4) is 11.5 Å². The molecule has 0 unspecified atom stereocenters. The molecule has 32 heavy (non-hydrogen) atoms. The SMILES string of the molecule is CCc1cc(C(F)(F)F)n2nc([C@@H]3CCN(S(=O)(=O)c4ccc5c(c4)OCO5)C3)cc2n1. The maximum absolute atomic E-state index is 13.5. The molecule has 0 saturated carbocycles. The number of rotatable bonds is 4. The van der Waals surface area contributed by atoms with Gasteiger partial charge < -0.3 is 9.47 Å². The van der Waals surface area contributed by atoms with E-state index in [1.807, 2.05) is 0 Å². The van der Waals surface area contributed by atoms with Gasteiger partial charge in [-0.1, -0.05) is 6.92 Å². The summed E-state index contributed by atoms with van der Waals surface area (Å²) in [6.07, 6.45) is -3.79. The number of aryl methyl sites for hydroxylation is 1. The molecule has 0 radical (unpaired) electrons. The Morgan fingerprint density at radius 2 is 1.94 bits per heavy atom. The molecule has 2 aliphatic heterocycles. The molecule has 0 N–H and O–H groups in total. The Hall–Kier alpha value is -2.86. The van der Waals surface area contributed by atoms with Gasteiger partial charge in [-0.2, -0.15) is 22.6 Å². The Bertz CT molecular complexity index is 1310. The van der Waals surface area contributed by atoms with Gasteiger partial charge >= 0.3 is 6.18 Å². The van der Waals surface area contributed by atoms with E-state index in [1.165, 1.54) is 22.5 Å². The van der Waals surface area contributed by atoms with Crippen LogP contribution in [0, 0.1) is 0 Å². The number of hydrogen-bond acceptors (Lipinski definition) is 6. The number of ether oxygens (including phenoxy) is 2. The number of nitrogens with zero attached hydrogens (tertiary/aromatic N) is 4. The number of halogens is 3. The van der Waals surface area contributed by atoms with Crippen molar-refractivity contribution in [3.63, 3.8) is 0 Å². The molecular formula is C20H19F3N4O4S. The molecule has 170 valence electrons. The largest absolute Gasteiger partial charge is 0.454 e. The highest BCUT2D eigenvalue weighted by molar-refractivity contribution is 7.89. The van der Waals surface area contributed by atoms with Gasteiger partial charge in [0.25, 0.3) is 0 Å². The van der Waals surface area contributed by atoms with Gasteiger partial charge in [-0.05, 0) is 31.0 Å². The number of fused-ring (bicyclic) bond motifs is 2. The maximum atomic E-state index is 13.5. The molecule has 1 aromatic carbocycles. The van der Waals surface area contributed by atoms with Gasteiger partial charge in [0.15, 0.2) is 17.1 Å². The van der Waals surface area contributed by atoms with Crippen molar-refractivity contribution in [1.82, 2.24) is 18.9 Å². The van der Waals surface area contributed by atoms with Crippen molar-refractivity contribution >= 4 is 15.7 Å². The topological polar surface area (TPSA) is 86.0 Å². The summed E-state index contributed by atoms with van der Waals surface area (Å²) < 4.78 is 79.4. The van der Waals surface area contributed by atoms with Crippen molar-refractivity contribution in [2.24, 2.45) is 0 Å². The molecule has 12 heteroatoms. The van der Waals surface area contributed by atoms with Crippen LogP contribution in [0.15, 0.2) is 35.2 Å². The Labute approximate surface area is 181 Å². The van der Waals surface area contributed by atoms with E-state index in [2.05, 4.69) is 10.1 Å². The summed E-state index contributed by atoms with van der Waals surface area (Å²) in [7, 11) is -3.81. The van der Waals surface area contributed by atoms with Crippen LogP contribution in [0.25, 0.3) is 5.65 Å². The van der Waals surface area contributed by atoms with Gasteiger partial charge in [0, 0.05) is 36.8 Å². The average Bonchev–Trinajstić information content (AvgIpc) is 3.50. The molecule has 5 rings (SSSR count). The van der Waals surface area contributed by atoms with E-state index in [1.54, 1.807) is 13.0 Å². The minimum absolute atomic E-state index is 0.0339. The maximum Gasteiger partial charge on any atom is 0.433 e. The van der Waals surface area contributed by atoms with Crippen LogP contribution in [0.3, 0.4) is 0 Å². The number of alkyl halides is 3. The van der Waals surface area contributed by atoms with Crippen molar-refractivity contribution in [2.45, 2.75) is 36.8 Å². The lowest BCUT2D eigenvalue weighted by Crippen LogP contribution is -2.28. The highest BCUT2D eigenvalue weighted by Crippen LogP contribution is 2.37. The quantitative estimate of drug-likeness (QED) is 0.585. The molecule has 3 aromatic rings. The van der Waals surface area contributed by atoms with Crippen molar-refractivity contribution in [2.75, 3.05) is 19.9 Å². The molecule has 0 bridgehead atoms. The van der Waals surface area contributed by atoms with Crippen LogP contribution in [-0.4, -0.2) is 47.2 Å². The zero-order valence-corrected chi connectivity index (χ0v) is 17.8. The second kappa shape index (κ2) is 7.34. The number of benzene rings is 1. The molecule has 0 amide bonds. The molecule has 1 fully saturated rings. The van der Waals surface area contributed by atoms with E-state index in [9.17, 15) is 21.6 Å². The molecule has 2 aliphatic rings. The van der Waals surface area contributed by atoms with E-state index in [0.717, 1.165) is 10.6 Å². The minimum Gasteiger partial charge on any atom is -0.454 e. The number of aromatic nitrogens is 3. The summed E-state index contributed by atoms with van der Waals surface area (Å²) in [5.41, 5.74) is -0.0912. The van der Waals surface area contributed by atoms with Gasteiger partial charge in [-0.25, -0.2) is 17.9 Å². The van der Waals surface area contributed by atoms with E-state index >= 15 is 0 Å². The summed E-state index contributed by atoms with van der Waals surface area (Å²) in [4.78, 5) is 4.33. The fraction of sp³-hybridized carbons (Fsp3) is 0.400. The van der Waals surface area contributed by atoms with Crippen molar-refractivity contribution in [1.29, 1.82) is 0 Å². The summed E-state index contributed by atoms with van der Waals surface area (Å²) in [6.45, 7) is 2.11. The molecule has 4 heterocycles. The van der Waals surface area contributed by atoms with Crippen LogP contribution in [0.4, 0.5) is 13.2 Å². The monoisotopic (exact) mass is 468 g/mol. The molecular weight excluding hydrogens is 449 g/mol. The van der Waals surface area contributed by atoms with E-state index < -0.39 is 21.9 Å². The van der Waals surface area contributed by atoms with Gasteiger partial charge in [-0.3, -0.25) is 0 Å². The first-order valence-corrected chi connectivity index (χ1v) is 11.5. The van der Waals surface area contributed by atoms with Crippen LogP contribution < -0.4 is 9.47 Å².